The Morgan fingerprint density at radius 2 is 1.52 bits per heavy atom. The summed E-state index contributed by atoms with van der Waals surface area (Å²) in [4.78, 5) is 0. The lowest BCUT2D eigenvalue weighted by atomic mass is 10.2. The van der Waals surface area contributed by atoms with Crippen molar-refractivity contribution in [1.29, 1.82) is 0 Å². The number of hydrazone groups is 1. The van der Waals surface area contributed by atoms with Crippen molar-refractivity contribution >= 4 is 45.2 Å². The summed E-state index contributed by atoms with van der Waals surface area (Å²) in [6, 6.07) is 20.8. The molecule has 0 spiro atoms. The van der Waals surface area contributed by atoms with Gasteiger partial charge in [-0.25, -0.2) is 4.39 Å². The van der Waals surface area contributed by atoms with Crippen LogP contribution in [-0.2, 0) is 0 Å². The molecule has 0 heterocycles. The number of benzene rings is 3. The Morgan fingerprint density at radius 1 is 0.926 bits per heavy atom. The van der Waals surface area contributed by atoms with E-state index in [1.54, 1.807) is 18.3 Å². The van der Waals surface area contributed by atoms with E-state index in [0.29, 0.717) is 16.6 Å². The first kappa shape index (κ1) is 19.0. The van der Waals surface area contributed by atoms with Gasteiger partial charge < -0.3 is 10.1 Å². The highest BCUT2D eigenvalue weighted by Crippen LogP contribution is 2.21. The molecule has 0 amide bonds. The molecule has 0 aromatic heterocycles. The first-order valence-corrected chi connectivity index (χ1v) is 9.18. The van der Waals surface area contributed by atoms with Gasteiger partial charge in [-0.05, 0) is 90.6 Å². The first-order chi connectivity index (χ1) is 13.1. The summed E-state index contributed by atoms with van der Waals surface area (Å²) < 4.78 is 19.5. The monoisotopic (exact) mass is 443 g/mol. The van der Waals surface area contributed by atoms with Crippen molar-refractivity contribution in [2.45, 2.75) is 0 Å². The Labute approximate surface area is 170 Å². The van der Waals surface area contributed by atoms with Crippen LogP contribution in [0.5, 0.6) is 11.5 Å². The van der Waals surface area contributed by atoms with E-state index in [-0.39, 0.29) is 5.82 Å². The van der Waals surface area contributed by atoms with Gasteiger partial charge in [0.25, 0.3) is 0 Å². The van der Waals surface area contributed by atoms with Gasteiger partial charge in [-0.3, -0.25) is 5.43 Å². The molecular formula is C20H15BrFN3OS. The number of nitrogens with zero attached hydrogens (tertiary/aromatic N) is 1. The fourth-order valence-electron chi connectivity index (χ4n) is 2.12. The number of thiocarbonyl (C=S) groups is 1. The number of ether oxygens (including phenoxy) is 1. The van der Waals surface area contributed by atoms with E-state index < -0.39 is 0 Å². The molecule has 0 aliphatic heterocycles. The van der Waals surface area contributed by atoms with Crippen LogP contribution in [0.25, 0.3) is 0 Å². The van der Waals surface area contributed by atoms with Gasteiger partial charge in [0.15, 0.2) is 5.11 Å². The number of hydrogen-bond acceptors (Lipinski definition) is 3. The fraction of sp³-hybridized carbons (Fsp3) is 0. The van der Waals surface area contributed by atoms with Crippen LogP contribution < -0.4 is 15.5 Å². The maximum atomic E-state index is 12.9. The average molecular weight is 444 g/mol. The number of nitrogens with one attached hydrogen (secondary N) is 2. The molecule has 3 aromatic carbocycles. The Bertz CT molecular complexity index is 929. The van der Waals surface area contributed by atoms with Crippen molar-refractivity contribution in [2.75, 3.05) is 5.32 Å². The normalized spacial score (nSPS) is 10.6. The largest absolute Gasteiger partial charge is 0.457 e. The maximum absolute atomic E-state index is 12.9. The minimum atomic E-state index is -0.297. The van der Waals surface area contributed by atoms with Crippen molar-refractivity contribution in [3.63, 3.8) is 0 Å². The highest BCUT2D eigenvalue weighted by Gasteiger charge is 1.99. The summed E-state index contributed by atoms with van der Waals surface area (Å²) >= 11 is 8.57. The Kier molecular flexibility index (Phi) is 6.51. The molecule has 0 unspecified atom stereocenters. The van der Waals surface area contributed by atoms with Gasteiger partial charge in [0.05, 0.1) is 6.21 Å². The van der Waals surface area contributed by atoms with E-state index in [1.165, 1.54) is 12.1 Å². The number of rotatable bonds is 5. The molecule has 2 N–H and O–H groups in total. The molecule has 0 aliphatic rings. The maximum Gasteiger partial charge on any atom is 0.191 e. The molecule has 136 valence electrons. The zero-order chi connectivity index (χ0) is 19.1. The second kappa shape index (κ2) is 9.25. The van der Waals surface area contributed by atoms with Crippen LogP contribution in [0, 0.1) is 5.82 Å². The van der Waals surface area contributed by atoms with E-state index >= 15 is 0 Å². The van der Waals surface area contributed by atoms with Crippen molar-refractivity contribution < 1.29 is 9.13 Å². The Balaban J connectivity index is 1.50. The predicted octanol–water partition coefficient (Wildman–Crippen LogP) is 5.70. The average Bonchev–Trinajstić information content (AvgIpc) is 2.67. The van der Waals surface area contributed by atoms with E-state index in [9.17, 15) is 4.39 Å². The Morgan fingerprint density at radius 3 is 2.15 bits per heavy atom. The fourth-order valence-corrected chi connectivity index (χ4v) is 2.55. The van der Waals surface area contributed by atoms with Gasteiger partial charge in [-0.15, -0.1) is 0 Å². The summed E-state index contributed by atoms with van der Waals surface area (Å²) in [5.41, 5.74) is 4.51. The summed E-state index contributed by atoms with van der Waals surface area (Å²) in [5.74, 6) is 0.928. The lowest BCUT2D eigenvalue weighted by molar-refractivity contribution is 0.480. The number of halogens is 2. The first-order valence-electron chi connectivity index (χ1n) is 7.97. The highest BCUT2D eigenvalue weighted by atomic mass is 79.9. The van der Waals surface area contributed by atoms with E-state index in [2.05, 4.69) is 31.8 Å². The minimum absolute atomic E-state index is 0.297. The lowest BCUT2D eigenvalue weighted by Crippen LogP contribution is -2.23. The molecule has 0 bridgehead atoms. The highest BCUT2D eigenvalue weighted by molar-refractivity contribution is 9.10. The molecule has 7 heteroatoms. The van der Waals surface area contributed by atoms with Gasteiger partial charge in [0.1, 0.15) is 17.3 Å². The zero-order valence-corrected chi connectivity index (χ0v) is 16.4. The molecule has 0 aliphatic carbocycles. The van der Waals surface area contributed by atoms with Gasteiger partial charge in [-0.1, -0.05) is 15.9 Å². The van der Waals surface area contributed by atoms with Crippen LogP contribution in [-0.4, -0.2) is 11.3 Å². The van der Waals surface area contributed by atoms with Crippen molar-refractivity contribution in [3.8, 4) is 11.5 Å². The topological polar surface area (TPSA) is 45.6 Å². The third-order valence-corrected chi connectivity index (χ3v) is 4.13. The summed E-state index contributed by atoms with van der Waals surface area (Å²) in [6.07, 6.45) is 1.65. The molecule has 0 fully saturated rings. The second-order valence-electron chi connectivity index (χ2n) is 5.46. The standard InChI is InChI=1S/C20H15BrFN3OS/c21-15-3-7-17(8-4-15)24-20(27)25-23-13-14-1-9-18(10-2-14)26-19-11-5-16(22)6-12-19/h1-13H,(H2,24,25,27)/b23-13+. The molecule has 0 saturated heterocycles. The molecule has 0 saturated carbocycles. The van der Waals surface area contributed by atoms with Crippen molar-refractivity contribution in [3.05, 3.63) is 88.6 Å². The van der Waals surface area contributed by atoms with Crippen LogP contribution in [0.4, 0.5) is 10.1 Å². The van der Waals surface area contributed by atoms with Crippen LogP contribution in [0.15, 0.2) is 82.4 Å². The van der Waals surface area contributed by atoms with Crippen molar-refractivity contribution in [1.82, 2.24) is 5.43 Å². The molecule has 3 rings (SSSR count). The van der Waals surface area contributed by atoms with Crippen LogP contribution in [0.3, 0.4) is 0 Å². The lowest BCUT2D eigenvalue weighted by Gasteiger charge is -2.07. The van der Waals surface area contributed by atoms with Gasteiger partial charge >= 0.3 is 0 Å². The number of anilines is 1. The number of hydrogen-bond donors (Lipinski definition) is 2. The van der Waals surface area contributed by atoms with Crippen LogP contribution in [0.1, 0.15) is 5.56 Å². The summed E-state index contributed by atoms with van der Waals surface area (Å²) in [6.45, 7) is 0. The second-order valence-corrected chi connectivity index (χ2v) is 6.78. The van der Waals surface area contributed by atoms with E-state index in [0.717, 1.165) is 15.7 Å². The molecule has 0 radical (unpaired) electrons. The molecule has 4 nitrogen and oxygen atoms in total. The minimum Gasteiger partial charge on any atom is -0.457 e. The van der Waals surface area contributed by atoms with Crippen LogP contribution in [0.2, 0.25) is 0 Å². The molecule has 0 atom stereocenters. The Hall–Kier alpha value is -2.77. The molecule has 27 heavy (non-hydrogen) atoms. The van der Waals surface area contributed by atoms with E-state index in [4.69, 9.17) is 17.0 Å². The zero-order valence-electron chi connectivity index (χ0n) is 14.0. The van der Waals surface area contributed by atoms with Crippen LogP contribution >= 0.6 is 28.1 Å². The van der Waals surface area contributed by atoms with E-state index in [1.807, 2.05) is 48.5 Å². The SMILES string of the molecule is Fc1ccc(Oc2ccc(/C=N/NC(=S)Nc3ccc(Br)cc3)cc2)cc1. The third-order valence-electron chi connectivity index (χ3n) is 3.41. The smallest absolute Gasteiger partial charge is 0.191 e. The van der Waals surface area contributed by atoms with Gasteiger partial charge in [0, 0.05) is 10.2 Å². The molecular weight excluding hydrogens is 429 g/mol. The molecule has 3 aromatic rings. The predicted molar refractivity (Wildman–Crippen MR) is 114 cm³/mol. The van der Waals surface area contributed by atoms with Gasteiger partial charge in [-0.2, -0.15) is 5.10 Å². The summed E-state index contributed by atoms with van der Waals surface area (Å²) in [5, 5.41) is 7.54. The van der Waals surface area contributed by atoms with Gasteiger partial charge in [0.2, 0.25) is 0 Å². The third kappa shape index (κ3) is 6.16. The van der Waals surface area contributed by atoms with Crippen molar-refractivity contribution in [2.24, 2.45) is 5.10 Å². The summed E-state index contributed by atoms with van der Waals surface area (Å²) in [7, 11) is 0. The quantitative estimate of drug-likeness (QED) is 0.301.